The summed E-state index contributed by atoms with van der Waals surface area (Å²) in [7, 11) is 1.64. The lowest BCUT2D eigenvalue weighted by Crippen LogP contribution is -2.61. The largest absolute Gasteiger partial charge is 0.417 e. The van der Waals surface area contributed by atoms with Crippen molar-refractivity contribution in [1.82, 2.24) is 15.0 Å². The van der Waals surface area contributed by atoms with E-state index >= 15 is 0 Å². The quantitative estimate of drug-likeness (QED) is 0.463. The van der Waals surface area contributed by atoms with Gasteiger partial charge in [-0.3, -0.25) is 4.79 Å². The summed E-state index contributed by atoms with van der Waals surface area (Å²) in [5.41, 5.74) is -1.73. The first-order chi connectivity index (χ1) is 18.4. The number of aromatic nitrogens is 3. The van der Waals surface area contributed by atoms with Gasteiger partial charge in [0.15, 0.2) is 11.4 Å². The van der Waals surface area contributed by atoms with Gasteiger partial charge in [0.2, 0.25) is 0 Å². The standard InChI is InChI=1S/C29H37ClF3N3O3/c1-26-10-9-21-19(5-3-17-14-28(38,29(31,32)33)12-11-27(17,21)16-39-2)20(26)6-7-22(26)25(37)15-36-34-23-8-4-18(30)13-24(23)35-36/h4,8,13,17,19-22,38H,3,5-7,9-12,14-16H2,1-2H3. The van der Waals surface area contributed by atoms with Crippen LogP contribution in [0.4, 0.5) is 13.2 Å². The fourth-order valence-electron chi connectivity index (χ4n) is 9.64. The number of fused-ring (bicyclic) bond motifs is 6. The fraction of sp³-hybridized carbons (Fsp3) is 0.759. The number of hydrogen-bond donors (Lipinski definition) is 1. The molecule has 6 nitrogen and oxygen atoms in total. The number of rotatable bonds is 5. The first-order valence-corrected chi connectivity index (χ1v) is 14.6. The Labute approximate surface area is 231 Å². The van der Waals surface area contributed by atoms with Gasteiger partial charge in [0.1, 0.15) is 17.6 Å². The molecule has 4 saturated carbocycles. The second-order valence-corrected chi connectivity index (χ2v) is 13.5. The van der Waals surface area contributed by atoms with E-state index in [2.05, 4.69) is 17.1 Å². The number of halogens is 4. The molecule has 4 aliphatic carbocycles. The van der Waals surface area contributed by atoms with Crippen molar-refractivity contribution >= 4 is 28.4 Å². The molecule has 0 aliphatic heterocycles. The van der Waals surface area contributed by atoms with Crippen molar-refractivity contribution in [3.8, 4) is 0 Å². The summed E-state index contributed by atoms with van der Waals surface area (Å²) in [5, 5.41) is 20.1. The van der Waals surface area contributed by atoms with Crippen LogP contribution in [-0.4, -0.2) is 51.4 Å². The first-order valence-electron chi connectivity index (χ1n) is 14.2. The SMILES string of the molecule is COCC12CCC(O)(C(F)(F)F)CC1CCC1C3CCC(C(=O)Cn4nc5ccc(Cl)cc5n4)C3(C)CCC12. The summed E-state index contributed by atoms with van der Waals surface area (Å²) in [6.07, 6.45) is 0.273. The molecule has 39 heavy (non-hydrogen) atoms. The number of ketones is 1. The molecule has 4 aliphatic rings. The van der Waals surface area contributed by atoms with Gasteiger partial charge in [-0.25, -0.2) is 0 Å². The second-order valence-electron chi connectivity index (χ2n) is 13.1. The van der Waals surface area contributed by atoms with Crippen LogP contribution in [0.15, 0.2) is 18.2 Å². The minimum absolute atomic E-state index is 0.0843. The third-order valence-corrected chi connectivity index (χ3v) is 11.7. The summed E-state index contributed by atoms with van der Waals surface area (Å²) in [4.78, 5) is 15.1. The molecule has 4 fully saturated rings. The Morgan fingerprint density at radius 2 is 1.87 bits per heavy atom. The maximum absolute atomic E-state index is 13.8. The molecule has 1 aromatic heterocycles. The number of alkyl halides is 3. The van der Waals surface area contributed by atoms with Gasteiger partial charge in [0, 0.05) is 18.1 Å². The Balaban J connectivity index is 1.22. The van der Waals surface area contributed by atoms with Crippen molar-refractivity contribution in [2.75, 3.05) is 13.7 Å². The van der Waals surface area contributed by atoms with E-state index in [0.29, 0.717) is 47.3 Å². The molecule has 1 heterocycles. The monoisotopic (exact) mass is 567 g/mol. The molecule has 214 valence electrons. The second kappa shape index (κ2) is 9.41. The Bertz CT molecular complexity index is 1270. The van der Waals surface area contributed by atoms with E-state index in [-0.39, 0.29) is 53.8 Å². The number of ether oxygens (including phenoxy) is 1. The smallest absolute Gasteiger partial charge is 0.384 e. The molecule has 8 atom stereocenters. The van der Waals surface area contributed by atoms with Crippen LogP contribution in [0.3, 0.4) is 0 Å². The summed E-state index contributed by atoms with van der Waals surface area (Å²) in [5.74, 6) is 0.820. The van der Waals surface area contributed by atoms with Gasteiger partial charge in [0.05, 0.1) is 6.61 Å². The van der Waals surface area contributed by atoms with Gasteiger partial charge in [-0.1, -0.05) is 18.5 Å². The number of carbonyl (C=O) groups is 1. The molecule has 1 N–H and O–H groups in total. The molecule has 10 heteroatoms. The van der Waals surface area contributed by atoms with E-state index in [1.807, 2.05) is 0 Å². The number of carbonyl (C=O) groups excluding carboxylic acids is 1. The van der Waals surface area contributed by atoms with Crippen molar-refractivity contribution in [2.45, 2.75) is 83.0 Å². The van der Waals surface area contributed by atoms with Gasteiger partial charge < -0.3 is 9.84 Å². The van der Waals surface area contributed by atoms with Gasteiger partial charge >= 0.3 is 6.18 Å². The zero-order chi connectivity index (χ0) is 27.8. The predicted octanol–water partition coefficient (Wildman–Crippen LogP) is 6.23. The van der Waals surface area contributed by atoms with Gasteiger partial charge in [-0.05, 0) is 110 Å². The van der Waals surface area contributed by atoms with Crippen molar-refractivity contribution < 1.29 is 27.8 Å². The van der Waals surface area contributed by atoms with Crippen LogP contribution < -0.4 is 0 Å². The van der Waals surface area contributed by atoms with E-state index in [1.165, 1.54) is 4.80 Å². The molecule has 2 aromatic rings. The molecule has 6 rings (SSSR count). The molecule has 0 saturated heterocycles. The average molecular weight is 568 g/mol. The molecular formula is C29H37ClF3N3O3. The number of nitrogens with zero attached hydrogens (tertiary/aromatic N) is 3. The highest BCUT2D eigenvalue weighted by Crippen LogP contribution is 2.69. The number of aliphatic hydroxyl groups is 1. The van der Waals surface area contributed by atoms with Gasteiger partial charge in [-0.2, -0.15) is 28.2 Å². The minimum atomic E-state index is -4.62. The van der Waals surface area contributed by atoms with Crippen molar-refractivity contribution in [1.29, 1.82) is 0 Å². The van der Waals surface area contributed by atoms with Crippen LogP contribution in [0.25, 0.3) is 11.0 Å². The summed E-state index contributed by atoms with van der Waals surface area (Å²) < 4.78 is 47.0. The zero-order valence-electron chi connectivity index (χ0n) is 22.5. The van der Waals surface area contributed by atoms with E-state index in [1.54, 1.807) is 25.3 Å². The maximum Gasteiger partial charge on any atom is 0.417 e. The van der Waals surface area contributed by atoms with Gasteiger partial charge in [-0.15, -0.1) is 0 Å². The van der Waals surface area contributed by atoms with Crippen LogP contribution in [0.2, 0.25) is 5.02 Å². The predicted molar refractivity (Wildman–Crippen MR) is 140 cm³/mol. The van der Waals surface area contributed by atoms with Crippen LogP contribution in [-0.2, 0) is 16.1 Å². The lowest BCUT2D eigenvalue weighted by Gasteiger charge is -2.62. The topological polar surface area (TPSA) is 77.2 Å². The molecule has 0 radical (unpaired) electrons. The number of methoxy groups -OCH3 is 1. The summed E-state index contributed by atoms with van der Waals surface area (Å²) in [6, 6.07) is 5.30. The van der Waals surface area contributed by atoms with Crippen LogP contribution in [0.1, 0.15) is 64.7 Å². The third-order valence-electron chi connectivity index (χ3n) is 11.4. The minimum Gasteiger partial charge on any atom is -0.384 e. The van der Waals surface area contributed by atoms with Gasteiger partial charge in [0.25, 0.3) is 0 Å². The highest BCUT2D eigenvalue weighted by molar-refractivity contribution is 6.31. The summed E-state index contributed by atoms with van der Waals surface area (Å²) in [6.45, 7) is 2.81. The number of benzene rings is 1. The van der Waals surface area contributed by atoms with Crippen LogP contribution >= 0.6 is 11.6 Å². The molecule has 0 bridgehead atoms. The van der Waals surface area contributed by atoms with Crippen molar-refractivity contribution in [3.05, 3.63) is 23.2 Å². The fourth-order valence-corrected chi connectivity index (χ4v) is 9.80. The Hall–Kier alpha value is -1.71. The van der Waals surface area contributed by atoms with E-state index in [9.17, 15) is 23.1 Å². The Morgan fingerprint density at radius 1 is 1.10 bits per heavy atom. The lowest BCUT2D eigenvalue weighted by molar-refractivity contribution is -0.294. The molecule has 8 unspecified atom stereocenters. The normalized spacial score (nSPS) is 40.2. The highest BCUT2D eigenvalue weighted by Gasteiger charge is 2.66. The van der Waals surface area contributed by atoms with E-state index in [0.717, 1.165) is 32.1 Å². The molecule has 0 spiro atoms. The van der Waals surface area contributed by atoms with Crippen LogP contribution in [0.5, 0.6) is 0 Å². The Morgan fingerprint density at radius 3 is 2.62 bits per heavy atom. The molecular weight excluding hydrogens is 531 g/mol. The highest BCUT2D eigenvalue weighted by atomic mass is 35.5. The van der Waals surface area contributed by atoms with Crippen molar-refractivity contribution in [3.63, 3.8) is 0 Å². The molecule has 0 amide bonds. The summed E-state index contributed by atoms with van der Waals surface area (Å²) >= 11 is 6.08. The third kappa shape index (κ3) is 4.24. The first kappa shape index (κ1) is 27.5. The maximum atomic E-state index is 13.8. The number of Topliss-reactive ketones (excluding diaryl/α,β-unsaturated/α-hetero) is 1. The number of hydrogen-bond acceptors (Lipinski definition) is 5. The van der Waals surface area contributed by atoms with E-state index in [4.69, 9.17) is 16.3 Å². The van der Waals surface area contributed by atoms with Crippen molar-refractivity contribution in [2.24, 2.45) is 40.4 Å². The average Bonchev–Trinajstić information content (AvgIpc) is 3.43. The Kier molecular flexibility index (Phi) is 6.63. The lowest BCUT2D eigenvalue weighted by atomic mass is 9.43. The zero-order valence-corrected chi connectivity index (χ0v) is 23.3. The van der Waals surface area contributed by atoms with E-state index < -0.39 is 11.8 Å². The molecule has 1 aromatic carbocycles. The van der Waals surface area contributed by atoms with Crippen LogP contribution in [0, 0.1) is 40.4 Å².